The molecule has 0 radical (unpaired) electrons. The SMILES string of the molecule is O=C(c1cncc(NC2CC2)c1)N1CCCc2ccccc21. The monoisotopic (exact) mass is 293 g/mol. The van der Waals surface area contributed by atoms with Gasteiger partial charge in [-0.3, -0.25) is 9.78 Å². The maximum absolute atomic E-state index is 12.9. The highest BCUT2D eigenvalue weighted by Crippen LogP contribution is 2.29. The fourth-order valence-electron chi connectivity index (χ4n) is 3.00. The van der Waals surface area contributed by atoms with Gasteiger partial charge in [-0.15, -0.1) is 0 Å². The number of nitrogens with zero attached hydrogens (tertiary/aromatic N) is 2. The van der Waals surface area contributed by atoms with E-state index in [1.165, 1.54) is 18.4 Å². The number of carbonyl (C=O) groups excluding carboxylic acids is 1. The summed E-state index contributed by atoms with van der Waals surface area (Å²) in [7, 11) is 0. The highest BCUT2D eigenvalue weighted by atomic mass is 16.2. The van der Waals surface area contributed by atoms with E-state index < -0.39 is 0 Å². The zero-order chi connectivity index (χ0) is 14.9. The van der Waals surface area contributed by atoms with E-state index in [-0.39, 0.29) is 5.91 Å². The molecule has 1 aromatic carbocycles. The molecule has 1 saturated carbocycles. The molecule has 0 bridgehead atoms. The molecule has 1 aliphatic carbocycles. The largest absolute Gasteiger partial charge is 0.381 e. The lowest BCUT2D eigenvalue weighted by atomic mass is 10.0. The number of amides is 1. The van der Waals surface area contributed by atoms with Crippen molar-refractivity contribution in [3.05, 3.63) is 53.9 Å². The minimum atomic E-state index is 0.0408. The standard InChI is InChI=1S/C18H19N3O/c22-18(14-10-16(12-19-11-14)20-15-7-8-15)21-9-3-5-13-4-1-2-6-17(13)21/h1-2,4,6,10-12,15,20H,3,5,7-9H2. The van der Waals surface area contributed by atoms with E-state index in [1.807, 2.05) is 29.2 Å². The van der Waals surface area contributed by atoms with Crippen molar-refractivity contribution in [2.75, 3.05) is 16.8 Å². The van der Waals surface area contributed by atoms with Crippen LogP contribution in [0.25, 0.3) is 0 Å². The van der Waals surface area contributed by atoms with Gasteiger partial charge in [-0.1, -0.05) is 18.2 Å². The van der Waals surface area contributed by atoms with E-state index in [2.05, 4.69) is 16.4 Å². The van der Waals surface area contributed by atoms with Crippen LogP contribution < -0.4 is 10.2 Å². The summed E-state index contributed by atoms with van der Waals surface area (Å²) in [6.45, 7) is 0.774. The molecule has 2 aromatic rings. The molecule has 0 saturated heterocycles. The zero-order valence-corrected chi connectivity index (χ0v) is 12.5. The van der Waals surface area contributed by atoms with Crippen molar-refractivity contribution in [3.8, 4) is 0 Å². The summed E-state index contributed by atoms with van der Waals surface area (Å²) < 4.78 is 0. The van der Waals surface area contributed by atoms with E-state index in [4.69, 9.17) is 0 Å². The fraction of sp³-hybridized carbons (Fsp3) is 0.333. The summed E-state index contributed by atoms with van der Waals surface area (Å²) in [6, 6.07) is 10.7. The Morgan fingerprint density at radius 3 is 2.95 bits per heavy atom. The second-order valence-electron chi connectivity index (χ2n) is 6.07. The summed E-state index contributed by atoms with van der Waals surface area (Å²) in [5.74, 6) is 0.0408. The number of carbonyl (C=O) groups is 1. The molecule has 0 spiro atoms. The van der Waals surface area contributed by atoms with Crippen LogP contribution in [0.5, 0.6) is 0 Å². The van der Waals surface area contributed by atoms with Crippen molar-refractivity contribution in [2.45, 2.75) is 31.7 Å². The Bertz CT molecular complexity index is 709. The molecule has 22 heavy (non-hydrogen) atoms. The molecule has 1 fully saturated rings. The molecule has 4 nitrogen and oxygen atoms in total. The summed E-state index contributed by atoms with van der Waals surface area (Å²) in [4.78, 5) is 19.0. The normalized spacial score (nSPS) is 17.0. The van der Waals surface area contributed by atoms with Gasteiger partial charge in [0.15, 0.2) is 0 Å². The van der Waals surface area contributed by atoms with Crippen LogP contribution in [0.3, 0.4) is 0 Å². The number of hydrogen-bond acceptors (Lipinski definition) is 3. The quantitative estimate of drug-likeness (QED) is 0.945. The molecular formula is C18H19N3O. The van der Waals surface area contributed by atoms with Crippen LogP contribution in [0.1, 0.15) is 35.2 Å². The van der Waals surface area contributed by atoms with Crippen LogP contribution in [-0.4, -0.2) is 23.5 Å². The fourth-order valence-corrected chi connectivity index (χ4v) is 3.00. The Morgan fingerprint density at radius 1 is 1.23 bits per heavy atom. The van der Waals surface area contributed by atoms with Gasteiger partial charge in [0.25, 0.3) is 5.91 Å². The lowest BCUT2D eigenvalue weighted by Crippen LogP contribution is -2.35. The lowest BCUT2D eigenvalue weighted by molar-refractivity contribution is 0.0985. The third kappa shape index (κ3) is 2.56. The van der Waals surface area contributed by atoms with E-state index in [0.717, 1.165) is 30.8 Å². The molecule has 2 heterocycles. The van der Waals surface area contributed by atoms with Crippen molar-refractivity contribution in [3.63, 3.8) is 0 Å². The number of aryl methyl sites for hydroxylation is 1. The third-order valence-corrected chi connectivity index (χ3v) is 4.29. The van der Waals surface area contributed by atoms with Crippen LogP contribution in [0.15, 0.2) is 42.7 Å². The first kappa shape index (κ1) is 13.3. The number of pyridine rings is 1. The molecule has 0 unspecified atom stereocenters. The van der Waals surface area contributed by atoms with Crippen LogP contribution >= 0.6 is 0 Å². The van der Waals surface area contributed by atoms with Gasteiger partial charge in [0, 0.05) is 30.7 Å². The lowest BCUT2D eigenvalue weighted by Gasteiger charge is -2.29. The van der Waals surface area contributed by atoms with Gasteiger partial charge in [-0.25, -0.2) is 0 Å². The van der Waals surface area contributed by atoms with Gasteiger partial charge in [0.2, 0.25) is 0 Å². The summed E-state index contributed by atoms with van der Waals surface area (Å²) >= 11 is 0. The zero-order valence-electron chi connectivity index (χ0n) is 12.5. The highest BCUT2D eigenvalue weighted by Gasteiger charge is 2.25. The molecule has 1 aromatic heterocycles. The van der Waals surface area contributed by atoms with E-state index in [1.54, 1.807) is 12.4 Å². The molecule has 1 amide bonds. The molecule has 4 heteroatoms. The minimum Gasteiger partial charge on any atom is -0.381 e. The number of nitrogens with one attached hydrogen (secondary N) is 1. The van der Waals surface area contributed by atoms with Gasteiger partial charge >= 0.3 is 0 Å². The number of anilines is 2. The maximum atomic E-state index is 12.9. The topological polar surface area (TPSA) is 45.2 Å². The number of aromatic nitrogens is 1. The Labute approximate surface area is 130 Å². The van der Waals surface area contributed by atoms with Crippen molar-refractivity contribution < 1.29 is 4.79 Å². The summed E-state index contributed by atoms with van der Waals surface area (Å²) in [6.07, 6.45) is 7.92. The van der Waals surface area contributed by atoms with Crippen LogP contribution in [0, 0.1) is 0 Å². The molecule has 4 rings (SSSR count). The van der Waals surface area contributed by atoms with Gasteiger partial charge in [0.1, 0.15) is 0 Å². The van der Waals surface area contributed by atoms with Crippen LogP contribution in [0.4, 0.5) is 11.4 Å². The first-order valence-electron chi connectivity index (χ1n) is 7.92. The maximum Gasteiger partial charge on any atom is 0.259 e. The molecule has 1 N–H and O–H groups in total. The number of hydrogen-bond donors (Lipinski definition) is 1. The Morgan fingerprint density at radius 2 is 2.09 bits per heavy atom. The Balaban J connectivity index is 1.62. The summed E-state index contributed by atoms with van der Waals surface area (Å²) in [5, 5.41) is 3.40. The van der Waals surface area contributed by atoms with Crippen molar-refractivity contribution >= 4 is 17.3 Å². The van der Waals surface area contributed by atoms with Gasteiger partial charge in [-0.05, 0) is 43.4 Å². The second kappa shape index (κ2) is 5.44. The predicted octanol–water partition coefficient (Wildman–Crippen LogP) is 3.25. The van der Waals surface area contributed by atoms with E-state index in [9.17, 15) is 4.79 Å². The Hall–Kier alpha value is -2.36. The smallest absolute Gasteiger partial charge is 0.259 e. The van der Waals surface area contributed by atoms with E-state index in [0.29, 0.717) is 11.6 Å². The van der Waals surface area contributed by atoms with Gasteiger partial charge in [-0.2, -0.15) is 0 Å². The predicted molar refractivity (Wildman–Crippen MR) is 87.3 cm³/mol. The van der Waals surface area contributed by atoms with Gasteiger partial charge in [0.05, 0.1) is 11.3 Å². The Kier molecular flexibility index (Phi) is 3.29. The molecule has 2 aliphatic rings. The number of para-hydroxylation sites is 1. The second-order valence-corrected chi connectivity index (χ2v) is 6.07. The van der Waals surface area contributed by atoms with Crippen molar-refractivity contribution in [1.82, 2.24) is 4.98 Å². The van der Waals surface area contributed by atoms with Crippen LogP contribution in [-0.2, 0) is 6.42 Å². The number of fused-ring (bicyclic) bond motifs is 1. The molecule has 0 atom stereocenters. The van der Waals surface area contributed by atoms with Crippen LogP contribution in [0.2, 0.25) is 0 Å². The number of benzene rings is 1. The first-order valence-corrected chi connectivity index (χ1v) is 7.92. The molecule has 1 aliphatic heterocycles. The summed E-state index contributed by atoms with van der Waals surface area (Å²) in [5.41, 5.74) is 3.89. The highest BCUT2D eigenvalue weighted by molar-refractivity contribution is 6.07. The van der Waals surface area contributed by atoms with Gasteiger partial charge < -0.3 is 10.2 Å². The first-order chi connectivity index (χ1) is 10.8. The number of rotatable bonds is 3. The molecule has 112 valence electrons. The van der Waals surface area contributed by atoms with Crippen molar-refractivity contribution in [1.29, 1.82) is 0 Å². The minimum absolute atomic E-state index is 0.0408. The average molecular weight is 293 g/mol. The average Bonchev–Trinajstić information content (AvgIpc) is 3.38. The van der Waals surface area contributed by atoms with Crippen molar-refractivity contribution in [2.24, 2.45) is 0 Å². The third-order valence-electron chi connectivity index (χ3n) is 4.29. The van der Waals surface area contributed by atoms with E-state index >= 15 is 0 Å². The molecular weight excluding hydrogens is 274 g/mol.